The summed E-state index contributed by atoms with van der Waals surface area (Å²) in [6, 6.07) is 6.48. The SMILES string of the molecule is O=S1(=O)CCC(C(Br)c2ccccc2F)C1. The molecule has 1 aromatic rings. The number of sulfone groups is 1. The van der Waals surface area contributed by atoms with Gasteiger partial charge in [-0.1, -0.05) is 34.1 Å². The standard InChI is InChI=1S/C11H12BrFO2S/c12-11(8-5-6-16(14,15)7-8)9-3-1-2-4-10(9)13/h1-4,8,11H,5-7H2. The predicted octanol–water partition coefficient (Wildman–Crippen LogP) is 2.70. The average Bonchev–Trinajstić information content (AvgIpc) is 2.59. The number of hydrogen-bond donors (Lipinski definition) is 0. The summed E-state index contributed by atoms with van der Waals surface area (Å²) < 4.78 is 36.2. The second-order valence-electron chi connectivity index (χ2n) is 4.09. The smallest absolute Gasteiger partial charge is 0.150 e. The van der Waals surface area contributed by atoms with Gasteiger partial charge in [-0.2, -0.15) is 0 Å². The molecule has 1 aromatic carbocycles. The van der Waals surface area contributed by atoms with Crippen LogP contribution >= 0.6 is 15.9 Å². The highest BCUT2D eigenvalue weighted by Gasteiger charge is 2.34. The van der Waals surface area contributed by atoms with Crippen molar-refractivity contribution in [1.82, 2.24) is 0 Å². The number of benzene rings is 1. The van der Waals surface area contributed by atoms with Crippen LogP contribution in [0.15, 0.2) is 24.3 Å². The van der Waals surface area contributed by atoms with E-state index in [4.69, 9.17) is 0 Å². The lowest BCUT2D eigenvalue weighted by molar-refractivity contribution is 0.546. The van der Waals surface area contributed by atoms with Gasteiger partial charge in [-0.3, -0.25) is 0 Å². The first-order valence-corrected chi connectivity index (χ1v) is 7.82. The lowest BCUT2D eigenvalue weighted by Gasteiger charge is -2.16. The van der Waals surface area contributed by atoms with Crippen LogP contribution in [0.2, 0.25) is 0 Å². The summed E-state index contributed by atoms with van der Waals surface area (Å²) in [5.74, 6) is 0.0569. The van der Waals surface area contributed by atoms with Gasteiger partial charge in [0.25, 0.3) is 0 Å². The molecule has 5 heteroatoms. The molecule has 0 aromatic heterocycles. The van der Waals surface area contributed by atoms with E-state index in [-0.39, 0.29) is 28.1 Å². The van der Waals surface area contributed by atoms with E-state index in [0.29, 0.717) is 12.0 Å². The minimum Gasteiger partial charge on any atom is -0.229 e. The Morgan fingerprint density at radius 2 is 2.06 bits per heavy atom. The molecular formula is C11H12BrFO2S. The highest BCUT2D eigenvalue weighted by Crippen LogP contribution is 2.38. The molecule has 1 aliphatic rings. The lowest BCUT2D eigenvalue weighted by Crippen LogP contribution is -2.11. The van der Waals surface area contributed by atoms with E-state index >= 15 is 0 Å². The van der Waals surface area contributed by atoms with E-state index in [1.807, 2.05) is 0 Å². The minimum absolute atomic E-state index is 0.0260. The van der Waals surface area contributed by atoms with Gasteiger partial charge < -0.3 is 0 Å². The molecule has 88 valence electrons. The summed E-state index contributed by atoms with van der Waals surface area (Å²) in [5, 5.41) is 0. The Labute approximate surface area is 103 Å². The zero-order chi connectivity index (χ0) is 11.8. The van der Waals surface area contributed by atoms with Crippen molar-refractivity contribution in [2.75, 3.05) is 11.5 Å². The molecule has 0 radical (unpaired) electrons. The van der Waals surface area contributed by atoms with Crippen LogP contribution < -0.4 is 0 Å². The van der Waals surface area contributed by atoms with E-state index in [1.165, 1.54) is 6.07 Å². The first-order valence-electron chi connectivity index (χ1n) is 5.08. The third-order valence-electron chi connectivity index (χ3n) is 2.88. The van der Waals surface area contributed by atoms with Gasteiger partial charge in [0.15, 0.2) is 9.84 Å². The molecule has 0 bridgehead atoms. The summed E-state index contributed by atoms with van der Waals surface area (Å²) in [7, 11) is -2.91. The molecule has 16 heavy (non-hydrogen) atoms. The molecule has 1 saturated heterocycles. The van der Waals surface area contributed by atoms with Crippen molar-refractivity contribution >= 4 is 25.8 Å². The molecule has 1 aliphatic heterocycles. The van der Waals surface area contributed by atoms with Crippen molar-refractivity contribution in [3.63, 3.8) is 0 Å². The van der Waals surface area contributed by atoms with Gasteiger partial charge in [0, 0.05) is 10.4 Å². The van der Waals surface area contributed by atoms with Gasteiger partial charge in [-0.15, -0.1) is 0 Å². The molecule has 0 spiro atoms. The average molecular weight is 307 g/mol. The lowest BCUT2D eigenvalue weighted by atomic mass is 9.98. The molecular weight excluding hydrogens is 295 g/mol. The van der Waals surface area contributed by atoms with Crippen LogP contribution in [-0.4, -0.2) is 19.9 Å². The third kappa shape index (κ3) is 2.46. The first kappa shape index (κ1) is 12.0. The number of hydrogen-bond acceptors (Lipinski definition) is 2. The third-order valence-corrected chi connectivity index (χ3v) is 5.92. The maximum absolute atomic E-state index is 13.5. The van der Waals surface area contributed by atoms with Crippen molar-refractivity contribution in [2.24, 2.45) is 5.92 Å². The maximum Gasteiger partial charge on any atom is 0.150 e. The van der Waals surface area contributed by atoms with Gasteiger partial charge in [-0.05, 0) is 18.4 Å². The fourth-order valence-corrected chi connectivity index (χ4v) is 4.92. The summed E-state index contributed by atoms with van der Waals surface area (Å²) in [6.07, 6.45) is 0.604. The van der Waals surface area contributed by atoms with Crippen LogP contribution in [0.25, 0.3) is 0 Å². The fraction of sp³-hybridized carbons (Fsp3) is 0.455. The molecule has 0 aliphatic carbocycles. The quantitative estimate of drug-likeness (QED) is 0.787. The van der Waals surface area contributed by atoms with Gasteiger partial charge in [0.05, 0.1) is 11.5 Å². The van der Waals surface area contributed by atoms with E-state index in [0.717, 1.165) is 0 Å². The number of alkyl halides is 1. The van der Waals surface area contributed by atoms with Gasteiger partial charge in [0.1, 0.15) is 5.82 Å². The Bertz CT molecular complexity index is 487. The van der Waals surface area contributed by atoms with E-state index in [2.05, 4.69) is 15.9 Å². The molecule has 2 atom stereocenters. The molecule has 0 amide bonds. The number of halogens is 2. The van der Waals surface area contributed by atoms with Crippen molar-refractivity contribution in [1.29, 1.82) is 0 Å². The van der Waals surface area contributed by atoms with E-state index in [1.54, 1.807) is 18.2 Å². The van der Waals surface area contributed by atoms with Crippen LogP contribution in [0, 0.1) is 11.7 Å². The predicted molar refractivity (Wildman–Crippen MR) is 64.8 cm³/mol. The van der Waals surface area contributed by atoms with Crippen LogP contribution in [0.5, 0.6) is 0 Å². The summed E-state index contributed by atoms with van der Waals surface area (Å²) >= 11 is 3.41. The normalized spacial score (nSPS) is 25.5. The highest BCUT2D eigenvalue weighted by molar-refractivity contribution is 9.09. The Morgan fingerprint density at radius 1 is 1.38 bits per heavy atom. The van der Waals surface area contributed by atoms with Crippen LogP contribution in [0.4, 0.5) is 4.39 Å². The second kappa shape index (κ2) is 4.45. The molecule has 0 saturated carbocycles. The van der Waals surface area contributed by atoms with Gasteiger partial charge >= 0.3 is 0 Å². The highest BCUT2D eigenvalue weighted by atomic mass is 79.9. The Morgan fingerprint density at radius 3 is 2.62 bits per heavy atom. The summed E-state index contributed by atoms with van der Waals surface area (Å²) in [6.45, 7) is 0. The Balaban J connectivity index is 2.21. The molecule has 0 N–H and O–H groups in total. The molecule has 1 heterocycles. The summed E-state index contributed by atoms with van der Waals surface area (Å²) in [5.41, 5.74) is 0.546. The monoisotopic (exact) mass is 306 g/mol. The van der Waals surface area contributed by atoms with Crippen molar-refractivity contribution in [3.8, 4) is 0 Å². The van der Waals surface area contributed by atoms with Crippen molar-refractivity contribution < 1.29 is 12.8 Å². The van der Waals surface area contributed by atoms with E-state index in [9.17, 15) is 12.8 Å². The van der Waals surface area contributed by atoms with Crippen LogP contribution in [0.1, 0.15) is 16.8 Å². The van der Waals surface area contributed by atoms with Crippen molar-refractivity contribution in [3.05, 3.63) is 35.6 Å². The summed E-state index contributed by atoms with van der Waals surface area (Å²) in [4.78, 5) is -0.217. The van der Waals surface area contributed by atoms with E-state index < -0.39 is 9.84 Å². The maximum atomic E-state index is 13.5. The first-order chi connectivity index (χ1) is 7.49. The zero-order valence-electron chi connectivity index (χ0n) is 8.57. The number of rotatable bonds is 2. The van der Waals surface area contributed by atoms with Crippen LogP contribution in [-0.2, 0) is 9.84 Å². The zero-order valence-corrected chi connectivity index (χ0v) is 11.0. The topological polar surface area (TPSA) is 34.1 Å². The Hall–Kier alpha value is -0.420. The van der Waals surface area contributed by atoms with Gasteiger partial charge in [-0.25, -0.2) is 12.8 Å². The second-order valence-corrected chi connectivity index (χ2v) is 7.30. The molecule has 2 nitrogen and oxygen atoms in total. The molecule has 2 unspecified atom stereocenters. The van der Waals surface area contributed by atoms with Crippen LogP contribution in [0.3, 0.4) is 0 Å². The molecule has 2 rings (SSSR count). The Kier molecular flexibility index (Phi) is 3.35. The molecule has 1 fully saturated rings. The minimum atomic E-state index is -2.91. The largest absolute Gasteiger partial charge is 0.229 e. The van der Waals surface area contributed by atoms with Crippen molar-refractivity contribution in [2.45, 2.75) is 11.2 Å². The van der Waals surface area contributed by atoms with Gasteiger partial charge in [0.2, 0.25) is 0 Å². The fourth-order valence-electron chi connectivity index (χ4n) is 2.01.